The van der Waals surface area contributed by atoms with Crippen LogP contribution < -0.4 is 5.32 Å². The number of nitriles is 1. The number of amides is 1. The molecule has 0 saturated heterocycles. The Balaban J connectivity index is 1.80. The van der Waals surface area contributed by atoms with Gasteiger partial charge in [-0.05, 0) is 68.2 Å². The smallest absolute Gasteiger partial charge is 0.351 e. The predicted molar refractivity (Wildman–Crippen MR) is 135 cm³/mol. The summed E-state index contributed by atoms with van der Waals surface area (Å²) in [6, 6.07) is 20.6. The lowest BCUT2D eigenvalue weighted by molar-refractivity contribution is -0.137. The van der Waals surface area contributed by atoms with Crippen LogP contribution in [0.3, 0.4) is 0 Å². The minimum atomic E-state index is -4.58. The van der Waals surface area contributed by atoms with E-state index in [2.05, 4.69) is 10.3 Å². The topological polar surface area (TPSA) is 74.0 Å². The average Bonchev–Trinajstić information content (AvgIpc) is 3.33. The Kier molecular flexibility index (Phi) is 7.41. The molecule has 188 valence electrons. The minimum absolute atomic E-state index is 0.0540. The molecule has 1 N–H and O–H groups in total. The van der Waals surface area contributed by atoms with Crippen molar-refractivity contribution < 1.29 is 18.0 Å². The SMILES string of the molecule is CN(C)CCNC(=O)c1ccc(-c2ccc(-c3ccc(C#N)cc3)n2-c2ccccc2C(F)(F)F)nc1. The molecule has 6 nitrogen and oxygen atoms in total. The number of hydrogen-bond acceptors (Lipinski definition) is 4. The maximum Gasteiger partial charge on any atom is 0.418 e. The lowest BCUT2D eigenvalue weighted by Crippen LogP contribution is -2.31. The first-order valence-electron chi connectivity index (χ1n) is 11.5. The van der Waals surface area contributed by atoms with Gasteiger partial charge in [0.25, 0.3) is 5.91 Å². The molecule has 2 aromatic carbocycles. The van der Waals surface area contributed by atoms with Crippen LogP contribution in [0.4, 0.5) is 13.2 Å². The molecule has 0 unspecified atom stereocenters. The van der Waals surface area contributed by atoms with Crippen molar-refractivity contribution in [1.29, 1.82) is 5.26 Å². The van der Waals surface area contributed by atoms with Crippen molar-refractivity contribution in [3.8, 4) is 34.4 Å². The third-order valence-electron chi connectivity index (χ3n) is 5.77. The van der Waals surface area contributed by atoms with Crippen LogP contribution in [-0.4, -0.2) is 47.5 Å². The zero-order valence-electron chi connectivity index (χ0n) is 20.3. The van der Waals surface area contributed by atoms with Gasteiger partial charge in [0.15, 0.2) is 0 Å². The lowest BCUT2D eigenvalue weighted by atomic mass is 10.1. The number of rotatable bonds is 7. The molecule has 2 aromatic heterocycles. The van der Waals surface area contributed by atoms with Crippen LogP contribution in [0.2, 0.25) is 0 Å². The van der Waals surface area contributed by atoms with E-state index in [9.17, 15) is 18.0 Å². The van der Waals surface area contributed by atoms with Crippen LogP contribution in [0.25, 0.3) is 28.3 Å². The molecule has 0 radical (unpaired) electrons. The number of alkyl halides is 3. The van der Waals surface area contributed by atoms with Crippen molar-refractivity contribution in [1.82, 2.24) is 19.8 Å². The van der Waals surface area contributed by atoms with Crippen LogP contribution >= 0.6 is 0 Å². The highest BCUT2D eigenvalue weighted by molar-refractivity contribution is 5.94. The maximum atomic E-state index is 14.0. The number of aromatic nitrogens is 2. The van der Waals surface area contributed by atoms with Crippen LogP contribution in [0.5, 0.6) is 0 Å². The fraction of sp³-hybridized carbons (Fsp3) is 0.179. The Morgan fingerprint density at radius 1 is 1.00 bits per heavy atom. The number of carbonyl (C=O) groups excluding carboxylic acids is 1. The molecule has 37 heavy (non-hydrogen) atoms. The van der Waals surface area contributed by atoms with Crippen LogP contribution in [0.1, 0.15) is 21.5 Å². The molecule has 0 fully saturated rings. The molecule has 9 heteroatoms. The highest BCUT2D eigenvalue weighted by Gasteiger charge is 2.34. The van der Waals surface area contributed by atoms with Gasteiger partial charge in [0.2, 0.25) is 0 Å². The predicted octanol–water partition coefficient (Wildman–Crippen LogP) is 5.39. The summed E-state index contributed by atoms with van der Waals surface area (Å²) in [5.41, 5.74) is 1.92. The molecule has 0 atom stereocenters. The van der Waals surface area contributed by atoms with Gasteiger partial charge in [-0.3, -0.25) is 9.78 Å². The summed E-state index contributed by atoms with van der Waals surface area (Å²) in [5, 5.41) is 11.9. The molecular weight excluding hydrogens is 479 g/mol. The molecule has 4 aromatic rings. The summed E-state index contributed by atoms with van der Waals surface area (Å²) in [4.78, 5) is 18.8. The van der Waals surface area contributed by atoms with Crippen LogP contribution in [0, 0.1) is 11.3 Å². The number of para-hydroxylation sites is 1. The van der Waals surface area contributed by atoms with Crippen molar-refractivity contribution in [3.63, 3.8) is 0 Å². The normalized spacial score (nSPS) is 11.4. The van der Waals surface area contributed by atoms with Gasteiger partial charge >= 0.3 is 6.18 Å². The molecule has 0 aliphatic heterocycles. The fourth-order valence-electron chi connectivity index (χ4n) is 3.92. The highest BCUT2D eigenvalue weighted by atomic mass is 19.4. The van der Waals surface area contributed by atoms with E-state index in [1.807, 2.05) is 25.1 Å². The number of nitrogens with zero attached hydrogens (tertiary/aromatic N) is 4. The van der Waals surface area contributed by atoms with Gasteiger partial charge in [-0.2, -0.15) is 18.4 Å². The van der Waals surface area contributed by atoms with E-state index in [0.29, 0.717) is 46.9 Å². The molecule has 0 bridgehead atoms. The first-order chi connectivity index (χ1) is 17.7. The first kappa shape index (κ1) is 25.7. The van der Waals surface area contributed by atoms with Gasteiger partial charge in [-0.25, -0.2) is 0 Å². The number of nitrogens with one attached hydrogen (secondary N) is 1. The zero-order valence-corrected chi connectivity index (χ0v) is 20.3. The highest BCUT2D eigenvalue weighted by Crippen LogP contribution is 2.38. The van der Waals surface area contributed by atoms with Gasteiger partial charge < -0.3 is 14.8 Å². The van der Waals surface area contributed by atoms with Crippen molar-refractivity contribution in [2.75, 3.05) is 27.2 Å². The Bertz CT molecular complexity index is 1430. The van der Waals surface area contributed by atoms with E-state index in [0.717, 1.165) is 6.07 Å². The standard InChI is InChI=1S/C28H24F3N5O/c1-35(2)16-15-33-27(37)21-11-12-23(34-18-21)26-14-13-24(20-9-7-19(17-32)8-10-20)36(26)25-6-4-3-5-22(25)28(29,30)31/h3-14,18H,15-16H2,1-2H3,(H,33,37). The second-order valence-corrected chi connectivity index (χ2v) is 8.63. The molecule has 0 aliphatic carbocycles. The van der Waals surface area contributed by atoms with E-state index < -0.39 is 11.7 Å². The Hall–Kier alpha value is -4.42. The van der Waals surface area contributed by atoms with Gasteiger partial charge in [-0.15, -0.1) is 0 Å². The van der Waals surface area contributed by atoms with E-state index >= 15 is 0 Å². The average molecular weight is 504 g/mol. The molecule has 0 saturated carbocycles. The molecule has 0 aliphatic rings. The largest absolute Gasteiger partial charge is 0.418 e. The van der Waals surface area contributed by atoms with Crippen LogP contribution in [0.15, 0.2) is 79.0 Å². The number of hydrogen-bond donors (Lipinski definition) is 1. The maximum absolute atomic E-state index is 14.0. The van der Waals surface area contributed by atoms with Gasteiger partial charge in [0, 0.05) is 19.3 Å². The number of halogens is 3. The second-order valence-electron chi connectivity index (χ2n) is 8.63. The van der Waals surface area contributed by atoms with Gasteiger partial charge in [0.05, 0.1) is 45.5 Å². The van der Waals surface area contributed by atoms with E-state index in [-0.39, 0.29) is 11.6 Å². The Morgan fingerprint density at radius 2 is 1.70 bits per heavy atom. The van der Waals surface area contributed by atoms with Gasteiger partial charge in [0.1, 0.15) is 0 Å². The van der Waals surface area contributed by atoms with Crippen molar-refractivity contribution in [3.05, 3.63) is 95.7 Å². The Labute approximate surface area is 212 Å². The monoisotopic (exact) mass is 503 g/mol. The second kappa shape index (κ2) is 10.7. The summed E-state index contributed by atoms with van der Waals surface area (Å²) < 4.78 is 43.5. The van der Waals surface area contributed by atoms with Crippen molar-refractivity contribution in [2.45, 2.75) is 6.18 Å². The van der Waals surface area contributed by atoms with Crippen molar-refractivity contribution >= 4 is 5.91 Å². The first-order valence-corrected chi connectivity index (χ1v) is 11.5. The molecule has 2 heterocycles. The number of likely N-dealkylation sites (N-methyl/N-ethyl adjacent to an activating group) is 1. The third-order valence-corrected chi connectivity index (χ3v) is 5.77. The molecule has 0 spiro atoms. The summed E-state index contributed by atoms with van der Waals surface area (Å²) in [6.45, 7) is 1.15. The number of pyridine rings is 1. The number of benzene rings is 2. The van der Waals surface area contributed by atoms with E-state index in [1.165, 1.54) is 22.9 Å². The van der Waals surface area contributed by atoms with E-state index in [1.54, 1.807) is 54.6 Å². The summed E-state index contributed by atoms with van der Waals surface area (Å²) >= 11 is 0. The molecule has 1 amide bonds. The zero-order chi connectivity index (χ0) is 26.6. The number of carbonyl (C=O) groups is 1. The lowest BCUT2D eigenvalue weighted by Gasteiger charge is -2.19. The summed E-state index contributed by atoms with van der Waals surface area (Å²) in [7, 11) is 3.81. The third kappa shape index (κ3) is 5.71. The Morgan fingerprint density at radius 3 is 2.32 bits per heavy atom. The molecular formula is C28H24F3N5O. The minimum Gasteiger partial charge on any atom is -0.351 e. The van der Waals surface area contributed by atoms with Crippen molar-refractivity contribution in [2.24, 2.45) is 0 Å². The van der Waals surface area contributed by atoms with Crippen LogP contribution in [-0.2, 0) is 6.18 Å². The summed E-state index contributed by atoms with van der Waals surface area (Å²) in [5.74, 6) is -0.281. The quantitative estimate of drug-likeness (QED) is 0.367. The van der Waals surface area contributed by atoms with Gasteiger partial charge in [-0.1, -0.05) is 24.3 Å². The fourth-order valence-corrected chi connectivity index (χ4v) is 3.92. The summed E-state index contributed by atoms with van der Waals surface area (Å²) in [6.07, 6.45) is -3.17. The molecule has 4 rings (SSSR count). The van der Waals surface area contributed by atoms with E-state index in [4.69, 9.17) is 5.26 Å².